The highest BCUT2D eigenvalue weighted by atomic mass is 32.2. The van der Waals surface area contributed by atoms with Crippen molar-refractivity contribution in [2.75, 3.05) is 5.75 Å². The molecule has 0 saturated carbocycles. The largest absolute Gasteiger partial charge is 0.370 e. The predicted octanol–water partition coefficient (Wildman–Crippen LogP) is -0.501. The molecule has 2 N–H and O–H groups in total. The molecule has 0 saturated heterocycles. The zero-order chi connectivity index (χ0) is 9.07. The molecule has 0 aliphatic rings. The van der Waals surface area contributed by atoms with E-state index in [-0.39, 0.29) is 12.2 Å². The fourth-order valence-electron chi connectivity index (χ4n) is 0.877. The molecule has 0 fully saturated rings. The highest BCUT2D eigenvalue weighted by molar-refractivity contribution is 7.72. The fourth-order valence-corrected chi connectivity index (χ4v) is 1.69. The lowest BCUT2D eigenvalue weighted by atomic mass is 9.92. The molecular weight excluding hydrogens is 166 g/mol. The maximum atomic E-state index is 10.4. The summed E-state index contributed by atoms with van der Waals surface area (Å²) in [5, 5.41) is 0. The minimum Gasteiger partial charge on any atom is -0.370 e. The first kappa shape index (κ1) is 10.4. The van der Waals surface area contributed by atoms with E-state index in [1.807, 2.05) is 0 Å². The van der Waals surface area contributed by atoms with Gasteiger partial charge in [-0.2, -0.15) is 0 Å². The Balaban J connectivity index is 4.10. The molecule has 0 radical (unpaired) electrons. The smallest absolute Gasteiger partial charge is 0.217 e. The molecule has 11 heavy (non-hydrogen) atoms. The Hall–Kier alpha value is -0.580. The van der Waals surface area contributed by atoms with Crippen LogP contribution >= 0.6 is 0 Å². The zero-order valence-electron chi connectivity index (χ0n) is 6.66. The van der Waals surface area contributed by atoms with Gasteiger partial charge in [0.2, 0.25) is 5.91 Å². The Morgan fingerprint density at radius 1 is 1.45 bits per heavy atom. The van der Waals surface area contributed by atoms with E-state index in [0.29, 0.717) is 0 Å². The molecule has 66 valence electrons. The lowest BCUT2D eigenvalue weighted by Crippen LogP contribution is -2.26. The van der Waals surface area contributed by atoms with Gasteiger partial charge in [0.15, 0.2) is 0 Å². The van der Waals surface area contributed by atoms with Crippen LogP contribution < -0.4 is 5.73 Å². The summed E-state index contributed by atoms with van der Waals surface area (Å²) < 4.78 is 20.6. The number of primary amides is 1. The Labute approximate surface area is 67.7 Å². The molecule has 0 rings (SSSR count). The maximum absolute atomic E-state index is 10.4. The quantitative estimate of drug-likeness (QED) is 0.571. The molecule has 0 bridgehead atoms. The average molecular weight is 179 g/mol. The first-order valence-electron chi connectivity index (χ1n) is 3.23. The van der Waals surface area contributed by atoms with Crippen molar-refractivity contribution in [2.24, 2.45) is 11.1 Å². The summed E-state index contributed by atoms with van der Waals surface area (Å²) in [6, 6.07) is 0. The minimum absolute atomic E-state index is 0.00523. The van der Waals surface area contributed by atoms with E-state index in [9.17, 15) is 13.2 Å². The predicted molar refractivity (Wildman–Crippen MR) is 42.8 cm³/mol. The van der Waals surface area contributed by atoms with Gasteiger partial charge >= 0.3 is 0 Å². The number of carbonyl (C=O) groups is 1. The first-order chi connectivity index (χ1) is 4.83. The van der Waals surface area contributed by atoms with Crippen LogP contribution in [-0.2, 0) is 15.5 Å². The number of carbonyl (C=O) groups excluding carboxylic acids is 1. The van der Waals surface area contributed by atoms with Crippen molar-refractivity contribution in [3.05, 3.63) is 0 Å². The van der Waals surface area contributed by atoms with Gasteiger partial charge in [0.1, 0.15) is 10.7 Å². The highest BCUT2D eigenvalue weighted by Gasteiger charge is 2.21. The molecule has 0 heterocycles. The molecule has 0 aliphatic heterocycles. The van der Waals surface area contributed by atoms with Crippen LogP contribution in [-0.4, -0.2) is 20.1 Å². The lowest BCUT2D eigenvalue weighted by molar-refractivity contribution is -0.119. The number of hydrogen-bond acceptors (Lipinski definition) is 3. The molecule has 0 aromatic rings. The number of thiol groups is 1. The van der Waals surface area contributed by atoms with Crippen LogP contribution in [0.1, 0.15) is 20.3 Å². The number of nitrogens with two attached hydrogens (primary N) is 1. The van der Waals surface area contributed by atoms with Crippen molar-refractivity contribution < 1.29 is 13.2 Å². The molecule has 0 aromatic carbocycles. The Morgan fingerprint density at radius 3 is 2.18 bits per heavy atom. The average Bonchev–Trinajstić information content (AvgIpc) is 1.53. The van der Waals surface area contributed by atoms with Crippen molar-refractivity contribution in [1.29, 1.82) is 0 Å². The second-order valence-corrected chi connectivity index (χ2v) is 4.28. The molecule has 1 amide bonds. The molecule has 0 aliphatic carbocycles. The third-order valence-electron chi connectivity index (χ3n) is 1.21. The van der Waals surface area contributed by atoms with Crippen LogP contribution in [0.5, 0.6) is 0 Å². The molecule has 0 aromatic heterocycles. The summed E-state index contributed by atoms with van der Waals surface area (Å²) in [4.78, 5) is 10.4. The Bertz CT molecular complexity index is 212. The lowest BCUT2D eigenvalue weighted by Gasteiger charge is -2.18. The number of hydrogen-bond donors (Lipinski definition) is 2. The van der Waals surface area contributed by atoms with Crippen molar-refractivity contribution in [2.45, 2.75) is 20.3 Å². The molecule has 0 spiro atoms. The van der Waals surface area contributed by atoms with Crippen LogP contribution in [0.25, 0.3) is 0 Å². The fraction of sp³-hybridized carbons (Fsp3) is 0.833. The van der Waals surface area contributed by atoms with Crippen LogP contribution in [0.4, 0.5) is 0 Å². The highest BCUT2D eigenvalue weighted by Crippen LogP contribution is 2.19. The summed E-state index contributed by atoms with van der Waals surface area (Å²) >= 11 is 0. The van der Waals surface area contributed by atoms with Gasteiger partial charge in [0.05, 0.1) is 5.75 Å². The summed E-state index contributed by atoms with van der Waals surface area (Å²) in [6.07, 6.45) is 0.107. The Morgan fingerprint density at radius 2 is 1.91 bits per heavy atom. The van der Waals surface area contributed by atoms with Crippen LogP contribution in [0.15, 0.2) is 0 Å². The SMILES string of the molecule is CC(C)(CC(N)=O)C[SH](=O)=O. The second kappa shape index (κ2) is 3.71. The van der Waals surface area contributed by atoms with Gasteiger partial charge in [-0.05, 0) is 5.41 Å². The van der Waals surface area contributed by atoms with Gasteiger partial charge in [-0.1, -0.05) is 13.8 Å². The summed E-state index contributed by atoms with van der Waals surface area (Å²) in [5.74, 6) is -0.461. The molecular formula is C6H13NO3S. The zero-order valence-corrected chi connectivity index (χ0v) is 7.56. The van der Waals surface area contributed by atoms with Crippen LogP contribution in [0.2, 0.25) is 0 Å². The summed E-state index contributed by atoms with van der Waals surface area (Å²) in [5.41, 5.74) is 4.39. The van der Waals surface area contributed by atoms with Crippen LogP contribution in [0, 0.1) is 5.41 Å². The van der Waals surface area contributed by atoms with Gasteiger partial charge in [-0.3, -0.25) is 4.79 Å². The van der Waals surface area contributed by atoms with Gasteiger partial charge in [-0.25, -0.2) is 8.42 Å². The third kappa shape index (κ3) is 5.84. The van der Waals surface area contributed by atoms with Crippen molar-refractivity contribution in [3.63, 3.8) is 0 Å². The van der Waals surface area contributed by atoms with Crippen LogP contribution in [0.3, 0.4) is 0 Å². The van der Waals surface area contributed by atoms with E-state index in [1.54, 1.807) is 13.8 Å². The first-order valence-corrected chi connectivity index (χ1v) is 4.60. The van der Waals surface area contributed by atoms with Crippen molar-refractivity contribution in [1.82, 2.24) is 0 Å². The minimum atomic E-state index is -2.43. The Kier molecular flexibility index (Phi) is 3.51. The van der Waals surface area contributed by atoms with Gasteiger partial charge in [0, 0.05) is 6.42 Å². The van der Waals surface area contributed by atoms with Gasteiger partial charge < -0.3 is 5.73 Å². The van der Waals surface area contributed by atoms with E-state index >= 15 is 0 Å². The van der Waals surface area contributed by atoms with Crippen molar-refractivity contribution >= 4 is 16.6 Å². The van der Waals surface area contributed by atoms with Gasteiger partial charge in [-0.15, -0.1) is 0 Å². The summed E-state index contributed by atoms with van der Waals surface area (Å²) in [7, 11) is -2.43. The maximum Gasteiger partial charge on any atom is 0.217 e. The van der Waals surface area contributed by atoms with E-state index in [0.717, 1.165) is 0 Å². The number of amides is 1. The number of rotatable bonds is 4. The monoisotopic (exact) mass is 179 g/mol. The van der Waals surface area contributed by atoms with Gasteiger partial charge in [0.25, 0.3) is 0 Å². The van der Waals surface area contributed by atoms with E-state index in [4.69, 9.17) is 5.73 Å². The van der Waals surface area contributed by atoms with E-state index in [1.165, 1.54) is 0 Å². The van der Waals surface area contributed by atoms with Crippen molar-refractivity contribution in [3.8, 4) is 0 Å². The van der Waals surface area contributed by atoms with E-state index < -0.39 is 22.0 Å². The standard InChI is InChI=1S/C6H13NO3S/c1-6(2,3-5(7)8)4-11(9)10/h11H,3-4H2,1-2H3,(H2,7,8). The molecule has 0 atom stereocenters. The molecule has 0 unspecified atom stereocenters. The topological polar surface area (TPSA) is 77.2 Å². The molecule has 4 nitrogen and oxygen atoms in total. The van der Waals surface area contributed by atoms with E-state index in [2.05, 4.69) is 0 Å². The normalized spacial score (nSPS) is 11.9. The summed E-state index contributed by atoms with van der Waals surface area (Å²) in [6.45, 7) is 3.39. The molecule has 5 heteroatoms. The second-order valence-electron chi connectivity index (χ2n) is 3.30. The third-order valence-corrected chi connectivity index (χ3v) is 2.32.